The standard InChI is InChI=1S/C74H120N14O20S3/c1-8-12-13-14-15-16-17-18-19-20-21-22-23-24-25-29-59(91)76-50(10-3)40-87-73(107)83-58(33-32-57(75)90)82-71(105)81-54(39-62(96)97)70(104)88-45-111-44-56(88)67(101)77-51(30-34-60(92)93)65(99)84-63(47(7)89)68(102)85-72(106)80-52(31-35-61(94)95)64(98)79-55(43-110-42-49-28-26-27-48(38-49)41-109-11-4)66(100)78-53(37-46(5)6)69(103)86(36-9-2)74(87)108/h26-28,38,46-47,50-56,58,63,89H,8-25,29-37,39-45H2,1-7H3,(H2,75,90)(H,76,91)(H,77,101)(H,78,100)(H,79,98)(H,83,107)(H,84,99)(H,92,93)(H,94,95)(H,96,97)(H2,81,82,105)(H2,80,85,102,106)/t47-,50+,51-,52+,53+,54+,55-,56+,58+,63?/m1/s1. The summed E-state index contributed by atoms with van der Waals surface area (Å²) in [5.74, 6) is -13.8. The Kier molecular flexibility index (Phi) is 46.6. The first-order chi connectivity index (χ1) is 52.8. The van der Waals surface area contributed by atoms with E-state index in [2.05, 4.69) is 54.8 Å². The summed E-state index contributed by atoms with van der Waals surface area (Å²) in [7, 11) is 0. The minimum absolute atomic E-state index is 0.0440. The maximum atomic E-state index is 15.6. The summed E-state index contributed by atoms with van der Waals surface area (Å²) in [6.07, 6.45) is 7.77. The zero-order valence-corrected chi connectivity index (χ0v) is 67.6. The van der Waals surface area contributed by atoms with Gasteiger partial charge >= 0.3 is 42.0 Å². The molecular weight excluding hydrogens is 1500 g/mol. The molecule has 16 N–H and O–H groups in total. The Morgan fingerprint density at radius 2 is 1.11 bits per heavy atom. The van der Waals surface area contributed by atoms with Gasteiger partial charge in [-0.25, -0.2) is 24.1 Å². The number of unbranched alkanes of at least 4 members (excludes halogenated alkanes) is 14. The molecule has 2 heterocycles. The highest BCUT2D eigenvalue weighted by Crippen LogP contribution is 2.25. The van der Waals surface area contributed by atoms with Crippen LogP contribution in [0.4, 0.5) is 19.2 Å². The molecule has 3 rings (SSSR count). The van der Waals surface area contributed by atoms with Crippen LogP contribution in [0, 0.1) is 5.92 Å². The fourth-order valence-corrected chi connectivity index (χ4v) is 15.0. The second kappa shape index (κ2) is 53.5. The SMILES string of the molecule is CCCCCCCCCCCCCCCCCC(=O)N[C@@H](CC)CN1C(=O)N[C@@H](CCC(N)=O)NC(=O)N[C@@H](CC(=O)O)C(=O)N2CSC[C@H]2C(=O)N[C@H](CCC(=O)O)C(=O)NC([C@@H](C)O)C(=O)NC(=O)N[C@@H](CCC(=O)O)C(=O)N[C@H](CSCc2cccc(CSCC)c2)C(=O)N[C@@H](CC(C)C)C(=O)N(CCC)C1=O. The molecule has 0 spiro atoms. The Hall–Kier alpha value is -8.45. The van der Waals surface area contributed by atoms with Gasteiger partial charge in [-0.1, -0.05) is 156 Å². The highest BCUT2D eigenvalue weighted by Gasteiger charge is 2.43. The van der Waals surface area contributed by atoms with E-state index in [1.807, 2.05) is 36.5 Å². The van der Waals surface area contributed by atoms with Gasteiger partial charge in [0, 0.05) is 61.3 Å². The molecule has 0 aromatic heterocycles. The van der Waals surface area contributed by atoms with Gasteiger partial charge in [-0.15, -0.1) is 11.8 Å². The molecule has 17 amide bonds. The van der Waals surface area contributed by atoms with Crippen molar-refractivity contribution in [1.82, 2.24) is 67.9 Å². The number of carboxylic acid groups (broad SMARTS) is 3. The van der Waals surface area contributed by atoms with Gasteiger partial charge in [-0.2, -0.15) is 23.5 Å². The van der Waals surface area contributed by atoms with Gasteiger partial charge in [0.05, 0.1) is 24.9 Å². The van der Waals surface area contributed by atoms with Crippen molar-refractivity contribution in [2.45, 2.75) is 288 Å². The van der Waals surface area contributed by atoms with Gasteiger partial charge in [0.15, 0.2) is 0 Å². The predicted molar refractivity (Wildman–Crippen MR) is 420 cm³/mol. The maximum Gasteiger partial charge on any atom is 0.334 e. The highest BCUT2D eigenvalue weighted by molar-refractivity contribution is 7.99. The second-order valence-electron chi connectivity index (χ2n) is 28.2. The molecule has 0 aliphatic carbocycles. The lowest BCUT2D eigenvalue weighted by atomic mass is 10.0. The van der Waals surface area contributed by atoms with Gasteiger partial charge < -0.3 is 78.9 Å². The number of aliphatic hydroxyl groups excluding tert-OH is 1. The number of fused-ring (bicyclic) bond motifs is 1. The van der Waals surface area contributed by atoms with Crippen LogP contribution in [0.3, 0.4) is 0 Å². The van der Waals surface area contributed by atoms with Gasteiger partial charge in [0.2, 0.25) is 41.4 Å². The lowest BCUT2D eigenvalue weighted by Crippen LogP contribution is -2.63. The van der Waals surface area contributed by atoms with Crippen molar-refractivity contribution >= 4 is 130 Å². The van der Waals surface area contributed by atoms with E-state index in [9.17, 15) is 78.0 Å². The Labute approximate surface area is 662 Å². The van der Waals surface area contributed by atoms with Crippen molar-refractivity contribution in [3.8, 4) is 0 Å². The summed E-state index contributed by atoms with van der Waals surface area (Å²) < 4.78 is 0. The van der Waals surface area contributed by atoms with Crippen LogP contribution < -0.4 is 58.9 Å². The van der Waals surface area contributed by atoms with E-state index < -0.39 is 220 Å². The van der Waals surface area contributed by atoms with Crippen molar-refractivity contribution in [1.29, 1.82) is 0 Å². The van der Waals surface area contributed by atoms with Crippen LogP contribution in [0.1, 0.15) is 227 Å². The molecule has 1 aromatic carbocycles. The van der Waals surface area contributed by atoms with E-state index in [1.54, 1.807) is 39.5 Å². The quantitative estimate of drug-likeness (QED) is 0.0352. The van der Waals surface area contributed by atoms with E-state index in [-0.39, 0.29) is 48.8 Å². The molecular formula is C74H120N14O20S3. The minimum atomic E-state index is -2.09. The number of nitrogens with two attached hydrogens (primary N) is 1. The Morgan fingerprint density at radius 1 is 0.568 bits per heavy atom. The van der Waals surface area contributed by atoms with Gasteiger partial charge in [0.25, 0.3) is 11.8 Å². The Bertz CT molecular complexity index is 3250. The molecule has 2 aliphatic heterocycles. The predicted octanol–water partition coefficient (Wildman–Crippen LogP) is 5.64. The first-order valence-electron chi connectivity index (χ1n) is 38.7. The number of carboxylic acids is 3. The number of amides is 17. The van der Waals surface area contributed by atoms with Crippen molar-refractivity contribution in [3.05, 3.63) is 35.4 Å². The molecule has 1 aromatic rings. The van der Waals surface area contributed by atoms with Crippen molar-refractivity contribution in [2.24, 2.45) is 11.7 Å². The lowest BCUT2D eigenvalue weighted by molar-refractivity contribution is -0.144. The minimum Gasteiger partial charge on any atom is -0.481 e. The van der Waals surface area contributed by atoms with Crippen molar-refractivity contribution < 1.29 is 97.1 Å². The number of primary amides is 1. The van der Waals surface area contributed by atoms with Crippen LogP contribution in [0.15, 0.2) is 24.3 Å². The zero-order valence-electron chi connectivity index (χ0n) is 65.2. The number of thioether (sulfide) groups is 3. The first kappa shape index (κ1) is 96.7. The van der Waals surface area contributed by atoms with E-state index in [0.29, 0.717) is 22.0 Å². The lowest BCUT2D eigenvalue weighted by Gasteiger charge is -2.34. The Balaban J connectivity index is 2.27. The largest absolute Gasteiger partial charge is 0.481 e. The summed E-state index contributed by atoms with van der Waals surface area (Å²) >= 11 is 3.81. The molecule has 0 radical (unpaired) electrons. The third-order valence-electron chi connectivity index (χ3n) is 18.2. The summed E-state index contributed by atoms with van der Waals surface area (Å²) in [6, 6.07) is -11.7. The van der Waals surface area contributed by atoms with Crippen LogP contribution in [-0.4, -0.2) is 227 Å². The van der Waals surface area contributed by atoms with E-state index in [4.69, 9.17) is 5.73 Å². The van der Waals surface area contributed by atoms with Gasteiger partial charge in [0.1, 0.15) is 48.5 Å². The second-order valence-corrected chi connectivity index (χ2v) is 31.6. The average Bonchev–Trinajstić information content (AvgIpc) is 1.73. The van der Waals surface area contributed by atoms with Gasteiger partial charge in [-0.3, -0.25) is 67.8 Å². The molecule has 2 saturated heterocycles. The summed E-state index contributed by atoms with van der Waals surface area (Å²) in [4.78, 5) is 226. The van der Waals surface area contributed by atoms with Crippen molar-refractivity contribution in [2.75, 3.05) is 36.2 Å². The zero-order chi connectivity index (χ0) is 82.5. The molecule has 0 saturated carbocycles. The van der Waals surface area contributed by atoms with Gasteiger partial charge in [-0.05, 0) is 74.7 Å². The number of carbonyl (C=O) groups excluding carboxylic acids is 13. The number of nitrogens with one attached hydrogen (secondary N) is 10. The number of imide groups is 3. The van der Waals surface area contributed by atoms with E-state index >= 15 is 19.2 Å². The molecule has 37 heteroatoms. The fourth-order valence-electron chi connectivity index (χ4n) is 12.2. The number of aliphatic carboxylic acids is 3. The molecule has 2 fully saturated rings. The molecule has 111 heavy (non-hydrogen) atoms. The van der Waals surface area contributed by atoms with Crippen molar-refractivity contribution in [3.63, 3.8) is 0 Å². The number of carbonyl (C=O) groups is 16. The number of urea groups is 4. The highest BCUT2D eigenvalue weighted by atomic mass is 32.2. The molecule has 2 aliphatic rings. The first-order valence-corrected chi connectivity index (χ1v) is 42.1. The molecule has 624 valence electrons. The maximum absolute atomic E-state index is 15.6. The molecule has 0 bridgehead atoms. The normalized spacial score (nSPS) is 21.2. The molecule has 10 atom stereocenters. The van der Waals surface area contributed by atoms with E-state index in [1.165, 1.54) is 57.8 Å². The number of benzene rings is 1. The topological polar surface area (TPSA) is 510 Å². The van der Waals surface area contributed by atoms with Crippen LogP contribution >= 0.6 is 35.3 Å². The van der Waals surface area contributed by atoms with Crippen LogP contribution in [0.5, 0.6) is 0 Å². The smallest absolute Gasteiger partial charge is 0.334 e. The number of nitrogens with zero attached hydrogens (tertiary/aromatic N) is 3. The third-order valence-corrected chi connectivity index (χ3v) is 21.3. The monoisotopic (exact) mass is 1620 g/mol. The van der Waals surface area contributed by atoms with Crippen LogP contribution in [0.25, 0.3) is 0 Å². The average molecular weight is 1620 g/mol. The number of aliphatic hydroxyl groups is 1. The van der Waals surface area contributed by atoms with Crippen LogP contribution in [0.2, 0.25) is 0 Å². The van der Waals surface area contributed by atoms with Crippen LogP contribution in [-0.2, 0) is 69.0 Å². The number of hydrogen-bond acceptors (Lipinski definition) is 20. The summed E-state index contributed by atoms with van der Waals surface area (Å²) in [5.41, 5.74) is 7.39. The fraction of sp³-hybridized carbons (Fsp3) is 0.703. The number of hydrogen-bond donors (Lipinski definition) is 15. The molecule has 34 nitrogen and oxygen atoms in total. The number of rotatable bonds is 43. The summed E-state index contributed by atoms with van der Waals surface area (Å²) in [6.45, 7) is 10.8. The summed E-state index contributed by atoms with van der Waals surface area (Å²) in [5, 5.41) is 64.2. The third kappa shape index (κ3) is 38.1. The van der Waals surface area contributed by atoms with E-state index in [0.717, 1.165) is 84.3 Å². The molecule has 1 unspecified atom stereocenters. The Morgan fingerprint density at radius 3 is 1.65 bits per heavy atom.